The predicted octanol–water partition coefficient (Wildman–Crippen LogP) is 3.83. The number of carbonyl (C=O) groups is 1. The van der Waals surface area contributed by atoms with E-state index in [1.807, 2.05) is 91.0 Å². The maximum absolute atomic E-state index is 13.4. The van der Waals surface area contributed by atoms with Crippen LogP contribution >= 0.6 is 6.89 Å². The van der Waals surface area contributed by atoms with Gasteiger partial charge in [0.05, 0.1) is 4.90 Å². The number of benzene rings is 4. The Morgan fingerprint density at radius 3 is 1.31 bits per heavy atom. The minimum atomic E-state index is -3.74. The molecule has 0 aliphatic heterocycles. The van der Waals surface area contributed by atoms with Gasteiger partial charge in [-0.15, -0.1) is 0 Å². The monoisotopic (exact) mass is 458 g/mol. The molecule has 0 aromatic heterocycles. The fraction of sp³-hybridized carbons (Fsp3) is 0.0370. The number of sulfone groups is 1. The molecule has 0 fully saturated rings. The average molecular weight is 459 g/mol. The van der Waals surface area contributed by atoms with Gasteiger partial charge >= 0.3 is 0 Å². The molecule has 4 aromatic rings. The van der Waals surface area contributed by atoms with Crippen molar-refractivity contribution >= 4 is 44.2 Å². The smallest absolute Gasteiger partial charge is 0.185 e. The number of rotatable bonds is 7. The van der Waals surface area contributed by atoms with E-state index >= 15 is 0 Å². The molecule has 0 saturated carbocycles. The van der Waals surface area contributed by atoms with Gasteiger partial charge in [-0.3, -0.25) is 4.79 Å². The van der Waals surface area contributed by atoms with Gasteiger partial charge in [-0.2, -0.15) is 0 Å². The lowest BCUT2D eigenvalue weighted by molar-refractivity contribution is -0.110. The summed E-state index contributed by atoms with van der Waals surface area (Å²) in [5.74, 6) is 0.706. The molecule has 3 nitrogen and oxygen atoms in total. The van der Waals surface area contributed by atoms with E-state index in [1.54, 1.807) is 24.0 Å². The topological polar surface area (TPSA) is 51.2 Å². The first-order chi connectivity index (χ1) is 15.5. The predicted molar refractivity (Wildman–Crippen MR) is 135 cm³/mol. The molecule has 0 saturated heterocycles. The van der Waals surface area contributed by atoms with Crippen LogP contribution in [-0.2, 0) is 14.6 Å². The van der Waals surface area contributed by atoms with Crippen LogP contribution in [0.15, 0.2) is 126 Å². The first-order valence-electron chi connectivity index (χ1n) is 10.2. The fourth-order valence-corrected chi connectivity index (χ4v) is 8.92. The zero-order chi connectivity index (χ0) is 22.4. The van der Waals surface area contributed by atoms with Crippen LogP contribution in [0.1, 0.15) is 0 Å². The van der Waals surface area contributed by atoms with Crippen molar-refractivity contribution in [3.05, 3.63) is 121 Å². The molecule has 0 aliphatic rings. The van der Waals surface area contributed by atoms with Crippen LogP contribution in [0.2, 0.25) is 0 Å². The zero-order valence-corrected chi connectivity index (χ0v) is 19.1. The Morgan fingerprint density at radius 1 is 0.594 bits per heavy atom. The van der Waals surface area contributed by atoms with E-state index < -0.39 is 28.3 Å². The molecule has 5 heteroatoms. The van der Waals surface area contributed by atoms with Crippen molar-refractivity contribution in [2.45, 2.75) is 4.90 Å². The van der Waals surface area contributed by atoms with E-state index in [4.69, 9.17) is 0 Å². The Balaban J connectivity index is 1.93. The lowest BCUT2D eigenvalue weighted by atomic mass is 10.4. The van der Waals surface area contributed by atoms with Crippen molar-refractivity contribution in [2.24, 2.45) is 0 Å². The largest absolute Gasteiger partial charge is 0.294 e. The van der Waals surface area contributed by atoms with Crippen molar-refractivity contribution in [1.82, 2.24) is 0 Å². The Hall–Kier alpha value is -3.20. The molecule has 0 atom stereocenters. The van der Waals surface area contributed by atoms with Crippen molar-refractivity contribution in [3.8, 4) is 0 Å². The lowest BCUT2D eigenvalue weighted by Crippen LogP contribution is -2.30. The minimum absolute atomic E-state index is 0.157. The second-order valence-electron chi connectivity index (χ2n) is 7.40. The molecule has 4 aromatic carbocycles. The summed E-state index contributed by atoms with van der Waals surface area (Å²) in [7, 11) is -3.74. The van der Waals surface area contributed by atoms with E-state index in [0.717, 1.165) is 15.9 Å². The Kier molecular flexibility index (Phi) is 6.55. The number of ketones is 1. The zero-order valence-electron chi connectivity index (χ0n) is 17.4. The molecule has 0 unspecified atom stereocenters. The molecule has 160 valence electrons. The van der Waals surface area contributed by atoms with Gasteiger partial charge in [0.25, 0.3) is 0 Å². The van der Waals surface area contributed by atoms with E-state index in [0.29, 0.717) is 0 Å². The Labute approximate surface area is 189 Å². The van der Waals surface area contributed by atoms with Crippen LogP contribution in [0.3, 0.4) is 0 Å². The van der Waals surface area contributed by atoms with Crippen LogP contribution in [0.5, 0.6) is 0 Å². The highest BCUT2D eigenvalue weighted by molar-refractivity contribution is 7.96. The highest BCUT2D eigenvalue weighted by Crippen LogP contribution is 2.43. The quantitative estimate of drug-likeness (QED) is 0.396. The Morgan fingerprint density at radius 2 is 0.938 bits per heavy atom. The highest BCUT2D eigenvalue weighted by Gasteiger charge is 2.28. The van der Waals surface area contributed by atoms with Gasteiger partial charge in [0.15, 0.2) is 15.6 Å². The van der Waals surface area contributed by atoms with Crippen LogP contribution in [-0.4, -0.2) is 25.8 Å². The van der Waals surface area contributed by atoms with Crippen molar-refractivity contribution in [2.75, 3.05) is 5.75 Å². The number of hydrogen-bond donors (Lipinski definition) is 0. The molecule has 32 heavy (non-hydrogen) atoms. The first kappa shape index (κ1) is 22.0. The number of hydrogen-bond acceptors (Lipinski definition) is 3. The highest BCUT2D eigenvalue weighted by atomic mass is 32.2. The SMILES string of the molecule is O=C(C=P(c1ccccc1)(c1ccccc1)c1ccccc1)CS(=O)(=O)c1ccccc1. The van der Waals surface area contributed by atoms with Crippen LogP contribution in [0.25, 0.3) is 0 Å². The molecule has 4 rings (SSSR count). The summed E-state index contributed by atoms with van der Waals surface area (Å²) in [4.78, 5) is 13.5. The fourth-order valence-electron chi connectivity index (χ4n) is 3.81. The lowest BCUT2D eigenvalue weighted by Gasteiger charge is -2.28. The summed E-state index contributed by atoms with van der Waals surface area (Å²) < 4.78 is 25.8. The Bertz CT molecular complexity index is 1250. The van der Waals surface area contributed by atoms with Crippen LogP contribution in [0, 0.1) is 0 Å². The van der Waals surface area contributed by atoms with Gasteiger partial charge in [0, 0.05) is 0 Å². The van der Waals surface area contributed by atoms with E-state index in [1.165, 1.54) is 12.1 Å². The van der Waals surface area contributed by atoms with Gasteiger partial charge in [-0.25, -0.2) is 8.42 Å². The maximum atomic E-state index is 13.4. The van der Waals surface area contributed by atoms with Gasteiger partial charge in [0.2, 0.25) is 0 Å². The van der Waals surface area contributed by atoms with E-state index in [9.17, 15) is 13.2 Å². The third-order valence-electron chi connectivity index (χ3n) is 5.26. The molecule has 0 amide bonds. The van der Waals surface area contributed by atoms with E-state index in [2.05, 4.69) is 0 Å². The standard InChI is InChI=1S/C27H23O3PS/c28-23(22-32(29,30)27-19-11-4-12-20-27)21-31(24-13-5-1-6-14-24,25-15-7-2-8-16-25)26-17-9-3-10-18-26/h1-21H,22H2. The average Bonchev–Trinajstić information content (AvgIpc) is 2.84. The molecule has 0 spiro atoms. The number of Topliss-reactive ketones (excluding diaryl/α,β-unsaturated/α-hetero) is 1. The molecular formula is C27H23O3PS. The summed E-state index contributed by atoms with van der Waals surface area (Å²) in [6.45, 7) is -2.53. The normalized spacial score (nSPS) is 11.6. The summed E-state index contributed by atoms with van der Waals surface area (Å²) in [5.41, 5.74) is 0. The summed E-state index contributed by atoms with van der Waals surface area (Å²) in [5, 5.41) is 3.01. The molecule has 0 N–H and O–H groups in total. The molecule has 0 aliphatic carbocycles. The second kappa shape index (κ2) is 9.52. The van der Waals surface area contributed by atoms with Gasteiger partial charge in [-0.1, -0.05) is 109 Å². The summed E-state index contributed by atoms with van der Waals surface area (Å²) in [6.07, 6.45) is 0. The van der Waals surface area contributed by atoms with Gasteiger partial charge in [0.1, 0.15) is 5.75 Å². The van der Waals surface area contributed by atoms with Crippen molar-refractivity contribution in [3.63, 3.8) is 0 Å². The first-order valence-corrected chi connectivity index (χ1v) is 13.8. The maximum Gasteiger partial charge on any atom is 0.185 e. The minimum Gasteiger partial charge on any atom is -0.294 e. The molecule has 0 radical (unpaired) electrons. The van der Waals surface area contributed by atoms with Crippen molar-refractivity contribution in [1.29, 1.82) is 0 Å². The van der Waals surface area contributed by atoms with Crippen LogP contribution in [0.4, 0.5) is 0 Å². The second-order valence-corrected chi connectivity index (χ2v) is 12.6. The third-order valence-corrected chi connectivity index (χ3v) is 10.9. The van der Waals surface area contributed by atoms with Crippen LogP contribution < -0.4 is 15.9 Å². The van der Waals surface area contributed by atoms with Crippen molar-refractivity contribution < 1.29 is 13.2 Å². The summed E-state index contributed by atoms with van der Waals surface area (Å²) in [6, 6.07) is 37.8. The van der Waals surface area contributed by atoms with Gasteiger partial charge < -0.3 is 0 Å². The summed E-state index contributed by atoms with van der Waals surface area (Å²) >= 11 is 0. The molecule has 0 heterocycles. The van der Waals surface area contributed by atoms with E-state index in [-0.39, 0.29) is 4.90 Å². The number of carbonyl (C=O) groups excluding carboxylic acids is 1. The molecular weight excluding hydrogens is 435 g/mol. The molecule has 0 bridgehead atoms. The van der Waals surface area contributed by atoms with Gasteiger partial charge in [-0.05, 0) is 40.7 Å². The third kappa shape index (κ3) is 4.52.